The average molecular weight is 447 g/mol. The Morgan fingerprint density at radius 1 is 1.06 bits per heavy atom. The first-order valence-electron chi connectivity index (χ1n) is 10.6. The Bertz CT molecular complexity index is 975. The van der Waals surface area contributed by atoms with Crippen molar-refractivity contribution in [2.75, 3.05) is 13.7 Å². The van der Waals surface area contributed by atoms with E-state index in [1.807, 2.05) is 6.07 Å². The Morgan fingerprint density at radius 3 is 2.55 bits per heavy atom. The number of ether oxygens (including phenoxy) is 1. The summed E-state index contributed by atoms with van der Waals surface area (Å²) in [6.07, 6.45) is 4.67. The van der Waals surface area contributed by atoms with Gasteiger partial charge in [0.25, 0.3) is 0 Å². The molecule has 0 spiro atoms. The Kier molecular flexibility index (Phi) is 9.81. The topological polar surface area (TPSA) is 106 Å². The standard InChI is InChI=1S/C23H34N4O3S/c1-4-5-6-7-13-30-22-14-18(2)11-12-20(22)17-27-23(25-3)26-16-19-9-8-10-21(15-19)31(24,28)29/h8-12,14-15H,4-7,13,16-17H2,1-3H3,(H2,24,28,29)(H2,25,26,27). The number of unbranched alkanes of at least 4 members (excludes halogenated alkanes) is 3. The van der Waals surface area contributed by atoms with Crippen molar-refractivity contribution >= 4 is 16.0 Å². The Hall–Kier alpha value is -2.58. The number of rotatable bonds is 11. The van der Waals surface area contributed by atoms with Crippen molar-refractivity contribution in [2.45, 2.75) is 57.5 Å². The summed E-state index contributed by atoms with van der Waals surface area (Å²) in [5.41, 5.74) is 3.01. The van der Waals surface area contributed by atoms with Crippen molar-refractivity contribution in [3.63, 3.8) is 0 Å². The highest BCUT2D eigenvalue weighted by Crippen LogP contribution is 2.21. The molecule has 2 rings (SSSR count). The summed E-state index contributed by atoms with van der Waals surface area (Å²) in [6, 6.07) is 12.7. The highest BCUT2D eigenvalue weighted by Gasteiger charge is 2.09. The van der Waals surface area contributed by atoms with Crippen LogP contribution in [0.3, 0.4) is 0 Å². The third-order valence-electron chi connectivity index (χ3n) is 4.83. The van der Waals surface area contributed by atoms with E-state index < -0.39 is 10.0 Å². The fourth-order valence-electron chi connectivity index (χ4n) is 3.07. The van der Waals surface area contributed by atoms with Crippen LogP contribution in [-0.4, -0.2) is 28.0 Å². The molecule has 170 valence electrons. The average Bonchev–Trinajstić information content (AvgIpc) is 2.74. The SMILES string of the molecule is CCCCCCOc1cc(C)ccc1CNC(=NC)NCc1cccc(S(N)(=O)=O)c1. The molecule has 0 saturated carbocycles. The molecular weight excluding hydrogens is 412 g/mol. The van der Waals surface area contributed by atoms with E-state index in [4.69, 9.17) is 9.88 Å². The molecule has 0 fully saturated rings. The molecule has 0 bridgehead atoms. The Balaban J connectivity index is 1.94. The molecule has 0 aliphatic heterocycles. The van der Waals surface area contributed by atoms with E-state index in [-0.39, 0.29) is 4.90 Å². The van der Waals surface area contributed by atoms with Crippen molar-refractivity contribution in [3.8, 4) is 5.75 Å². The molecule has 0 aliphatic carbocycles. The van der Waals surface area contributed by atoms with Crippen LogP contribution >= 0.6 is 0 Å². The zero-order valence-electron chi connectivity index (χ0n) is 18.6. The Labute approximate surface area is 186 Å². The minimum Gasteiger partial charge on any atom is -0.493 e. The number of nitrogens with zero attached hydrogens (tertiary/aromatic N) is 1. The summed E-state index contributed by atoms with van der Waals surface area (Å²) in [6.45, 7) is 5.93. The Morgan fingerprint density at radius 2 is 1.84 bits per heavy atom. The summed E-state index contributed by atoms with van der Waals surface area (Å²) >= 11 is 0. The smallest absolute Gasteiger partial charge is 0.238 e. The lowest BCUT2D eigenvalue weighted by molar-refractivity contribution is 0.301. The first-order valence-corrected chi connectivity index (χ1v) is 12.2. The van der Waals surface area contributed by atoms with Gasteiger partial charge in [0, 0.05) is 25.7 Å². The van der Waals surface area contributed by atoms with E-state index in [1.54, 1.807) is 19.2 Å². The van der Waals surface area contributed by atoms with Crippen molar-refractivity contribution in [2.24, 2.45) is 10.1 Å². The summed E-state index contributed by atoms with van der Waals surface area (Å²) in [5, 5.41) is 11.7. The van der Waals surface area contributed by atoms with Crippen molar-refractivity contribution < 1.29 is 13.2 Å². The van der Waals surface area contributed by atoms with E-state index >= 15 is 0 Å². The number of primary sulfonamides is 1. The molecule has 0 aliphatic rings. The molecule has 2 aromatic carbocycles. The van der Waals surface area contributed by atoms with Crippen LogP contribution < -0.4 is 20.5 Å². The third-order valence-corrected chi connectivity index (χ3v) is 5.75. The van der Waals surface area contributed by atoms with Crippen molar-refractivity contribution in [1.29, 1.82) is 0 Å². The third kappa shape index (κ3) is 8.59. The van der Waals surface area contributed by atoms with Gasteiger partial charge in [-0.2, -0.15) is 0 Å². The second kappa shape index (κ2) is 12.3. The fourth-order valence-corrected chi connectivity index (χ4v) is 3.65. The summed E-state index contributed by atoms with van der Waals surface area (Å²) < 4.78 is 29.1. The lowest BCUT2D eigenvalue weighted by atomic mass is 10.1. The number of guanidine groups is 1. The first kappa shape index (κ1) is 24.7. The van der Waals surface area contributed by atoms with Gasteiger partial charge in [-0.05, 0) is 42.7 Å². The minimum absolute atomic E-state index is 0.0927. The fraction of sp³-hybridized carbons (Fsp3) is 0.435. The maximum atomic E-state index is 11.5. The van der Waals surface area contributed by atoms with Crippen LogP contribution in [0.4, 0.5) is 0 Å². The zero-order valence-corrected chi connectivity index (χ0v) is 19.5. The van der Waals surface area contributed by atoms with Crippen molar-refractivity contribution in [1.82, 2.24) is 10.6 Å². The molecule has 2 aromatic rings. The van der Waals surface area contributed by atoms with E-state index in [9.17, 15) is 8.42 Å². The van der Waals surface area contributed by atoms with Crippen LogP contribution in [0.1, 0.15) is 49.3 Å². The van der Waals surface area contributed by atoms with Gasteiger partial charge in [0.05, 0.1) is 11.5 Å². The molecule has 0 amide bonds. The number of nitrogens with one attached hydrogen (secondary N) is 2. The maximum absolute atomic E-state index is 11.5. The van der Waals surface area contributed by atoms with E-state index in [1.165, 1.54) is 25.3 Å². The van der Waals surface area contributed by atoms with Gasteiger partial charge >= 0.3 is 0 Å². The molecular formula is C23H34N4O3S. The second-order valence-electron chi connectivity index (χ2n) is 7.49. The predicted octanol–water partition coefficient (Wildman–Crippen LogP) is 3.47. The minimum atomic E-state index is -3.72. The van der Waals surface area contributed by atoms with Crippen LogP contribution in [0.25, 0.3) is 0 Å². The van der Waals surface area contributed by atoms with Gasteiger partial charge in [-0.1, -0.05) is 50.5 Å². The number of hydrogen-bond acceptors (Lipinski definition) is 4. The number of sulfonamides is 1. The number of aliphatic imine (C=N–C) groups is 1. The van der Waals surface area contributed by atoms with Gasteiger partial charge in [-0.3, -0.25) is 4.99 Å². The van der Waals surface area contributed by atoms with Crippen LogP contribution in [0, 0.1) is 6.92 Å². The second-order valence-corrected chi connectivity index (χ2v) is 9.05. The summed E-state index contributed by atoms with van der Waals surface area (Å²) in [4.78, 5) is 4.34. The molecule has 0 atom stereocenters. The number of aryl methyl sites for hydroxylation is 1. The molecule has 0 saturated heterocycles. The quantitative estimate of drug-likeness (QED) is 0.278. The predicted molar refractivity (Wildman–Crippen MR) is 126 cm³/mol. The van der Waals surface area contributed by atoms with Crippen LogP contribution in [0.15, 0.2) is 52.4 Å². The van der Waals surface area contributed by atoms with Crippen LogP contribution in [0.5, 0.6) is 5.75 Å². The van der Waals surface area contributed by atoms with Crippen LogP contribution in [0.2, 0.25) is 0 Å². The first-order chi connectivity index (χ1) is 14.8. The molecule has 0 unspecified atom stereocenters. The van der Waals surface area contributed by atoms with Gasteiger partial charge in [-0.25, -0.2) is 13.6 Å². The highest BCUT2D eigenvalue weighted by molar-refractivity contribution is 7.89. The van der Waals surface area contributed by atoms with Gasteiger partial charge < -0.3 is 15.4 Å². The van der Waals surface area contributed by atoms with Crippen molar-refractivity contribution in [3.05, 3.63) is 59.2 Å². The molecule has 0 heterocycles. The molecule has 31 heavy (non-hydrogen) atoms. The van der Waals surface area contributed by atoms with E-state index in [2.05, 4.69) is 47.7 Å². The molecule has 0 aromatic heterocycles. The van der Waals surface area contributed by atoms with Gasteiger partial charge in [0.15, 0.2) is 5.96 Å². The van der Waals surface area contributed by atoms with E-state index in [0.29, 0.717) is 25.7 Å². The number of hydrogen-bond donors (Lipinski definition) is 3. The molecule has 7 nitrogen and oxygen atoms in total. The maximum Gasteiger partial charge on any atom is 0.238 e. The lowest BCUT2D eigenvalue weighted by Crippen LogP contribution is -2.36. The molecule has 0 radical (unpaired) electrons. The summed E-state index contributed by atoms with van der Waals surface area (Å²) in [7, 11) is -2.03. The van der Waals surface area contributed by atoms with Gasteiger partial charge in [0.1, 0.15) is 5.75 Å². The normalized spacial score (nSPS) is 11.9. The largest absolute Gasteiger partial charge is 0.493 e. The van der Waals surface area contributed by atoms with Gasteiger partial charge in [-0.15, -0.1) is 0 Å². The highest BCUT2D eigenvalue weighted by atomic mass is 32.2. The molecule has 4 N–H and O–H groups in total. The van der Waals surface area contributed by atoms with Crippen LogP contribution in [-0.2, 0) is 23.1 Å². The number of nitrogens with two attached hydrogens (primary N) is 1. The lowest BCUT2D eigenvalue weighted by Gasteiger charge is -2.16. The van der Waals surface area contributed by atoms with E-state index in [0.717, 1.165) is 28.9 Å². The monoisotopic (exact) mass is 446 g/mol. The zero-order chi connectivity index (χ0) is 22.7. The number of benzene rings is 2. The summed E-state index contributed by atoms with van der Waals surface area (Å²) in [5.74, 6) is 1.50. The molecule has 8 heteroatoms. The van der Waals surface area contributed by atoms with Gasteiger partial charge in [0.2, 0.25) is 10.0 Å².